The van der Waals surface area contributed by atoms with Crippen LogP contribution in [-0.4, -0.2) is 16.1 Å². The van der Waals surface area contributed by atoms with E-state index in [4.69, 9.17) is 0 Å². The Kier molecular flexibility index (Phi) is 10.6. The molecule has 1 aromatic carbocycles. The summed E-state index contributed by atoms with van der Waals surface area (Å²) < 4.78 is 0. The van der Waals surface area contributed by atoms with Crippen molar-refractivity contribution in [2.45, 2.75) is 123 Å². The Hall–Kier alpha value is -2.33. The summed E-state index contributed by atoms with van der Waals surface area (Å²) in [7, 11) is -4.11. The van der Waals surface area contributed by atoms with E-state index in [0.29, 0.717) is 33.2 Å². The van der Waals surface area contributed by atoms with Crippen LogP contribution < -0.4 is 0 Å². The molecule has 1 aliphatic carbocycles. The Balaban J connectivity index is 3.08. The fourth-order valence-electron chi connectivity index (χ4n) is 8.02. The van der Waals surface area contributed by atoms with Gasteiger partial charge in [-0.2, -0.15) is 10.5 Å². The second-order valence-corrected chi connectivity index (χ2v) is 24.4. The molecule has 2 rings (SSSR count). The average molecular weight is 543 g/mol. The molecule has 38 heavy (non-hydrogen) atoms. The Morgan fingerprint density at radius 2 is 1.13 bits per heavy atom. The van der Waals surface area contributed by atoms with Gasteiger partial charge in [0.05, 0.1) is 20.2 Å². The van der Waals surface area contributed by atoms with Gasteiger partial charge in [0.1, 0.15) is 8.07 Å². The van der Waals surface area contributed by atoms with Crippen molar-refractivity contribution < 1.29 is 0 Å². The predicted octanol–water partition coefficient (Wildman–Crippen LogP) is 10.2. The van der Waals surface area contributed by atoms with Gasteiger partial charge in [0.25, 0.3) is 0 Å². The first-order valence-electron chi connectivity index (χ1n) is 14.6. The number of benzene rings is 1. The maximum absolute atomic E-state index is 10.2. The van der Waals surface area contributed by atoms with Crippen molar-refractivity contribution in [2.75, 3.05) is 0 Å². The number of nitrogens with zero attached hydrogens (tertiary/aromatic N) is 2. The fraction of sp³-hybridized carbons (Fsp3) is 0.588. The molecule has 1 aromatic rings. The van der Waals surface area contributed by atoms with Crippen molar-refractivity contribution >= 4 is 21.7 Å². The molecule has 0 radical (unpaired) electrons. The van der Waals surface area contributed by atoms with E-state index >= 15 is 0 Å². The minimum atomic E-state index is -2.08. The lowest BCUT2D eigenvalue weighted by Gasteiger charge is -2.51. The van der Waals surface area contributed by atoms with Crippen LogP contribution in [-0.2, 0) is 0 Å². The number of hydrogen-bond donors (Lipinski definition) is 0. The summed E-state index contributed by atoms with van der Waals surface area (Å²) >= 11 is 0. The molecule has 0 saturated carbocycles. The van der Waals surface area contributed by atoms with Gasteiger partial charge in [-0.3, -0.25) is 0 Å². The smallest absolute Gasteiger partial charge is 0.166 e. The second-order valence-electron chi connectivity index (χ2n) is 13.0. The van der Waals surface area contributed by atoms with Gasteiger partial charge < -0.3 is 0 Å². The van der Waals surface area contributed by atoms with Gasteiger partial charge in [0.2, 0.25) is 0 Å². The maximum atomic E-state index is 10.2. The summed E-state index contributed by atoms with van der Waals surface area (Å²) in [4.78, 5) is 0. The maximum Gasteiger partial charge on any atom is 0.166 e. The first-order chi connectivity index (χ1) is 17.7. The number of rotatable bonds is 9. The van der Waals surface area contributed by atoms with Gasteiger partial charge in [-0.1, -0.05) is 119 Å². The molecule has 0 amide bonds. The molecule has 0 spiro atoms. The molecule has 204 valence electrons. The molecule has 0 aliphatic heterocycles. The fourth-order valence-corrected chi connectivity index (χ4v) is 20.5. The molecule has 0 unspecified atom stereocenters. The van der Waals surface area contributed by atoms with Gasteiger partial charge >= 0.3 is 0 Å². The third-order valence-corrected chi connectivity index (χ3v) is 23.0. The zero-order valence-electron chi connectivity index (χ0n) is 26.0. The monoisotopic (exact) mass is 542 g/mol. The van der Waals surface area contributed by atoms with Crippen LogP contribution in [0.3, 0.4) is 0 Å². The Bertz CT molecular complexity index is 1130. The van der Waals surface area contributed by atoms with Crippen LogP contribution in [0.25, 0.3) is 5.57 Å². The molecular weight excluding hydrogens is 493 g/mol. The Labute approximate surface area is 236 Å². The van der Waals surface area contributed by atoms with E-state index in [-0.39, 0.29) is 0 Å². The van der Waals surface area contributed by atoms with E-state index in [0.717, 1.165) is 12.0 Å². The minimum absolute atomic E-state index is 0.496. The first-order valence-corrected chi connectivity index (χ1v) is 19.1. The molecule has 0 N–H and O–H groups in total. The lowest BCUT2D eigenvalue weighted by atomic mass is 9.81. The van der Waals surface area contributed by atoms with E-state index < -0.39 is 22.1 Å². The topological polar surface area (TPSA) is 47.6 Å². The molecule has 2 nitrogen and oxygen atoms in total. The highest BCUT2D eigenvalue weighted by Crippen LogP contribution is 2.58. The molecule has 0 atom stereocenters. The van der Waals surface area contributed by atoms with Gasteiger partial charge in [0, 0.05) is 5.57 Å². The van der Waals surface area contributed by atoms with Crippen LogP contribution in [0.15, 0.2) is 46.7 Å². The van der Waals surface area contributed by atoms with E-state index in [1.54, 1.807) is 0 Å². The van der Waals surface area contributed by atoms with Crippen molar-refractivity contribution in [2.24, 2.45) is 5.92 Å². The average Bonchev–Trinajstić information content (AvgIpc) is 2.81. The zero-order chi connectivity index (χ0) is 29.0. The van der Waals surface area contributed by atoms with Gasteiger partial charge in [0.15, 0.2) is 5.92 Å². The van der Waals surface area contributed by atoms with E-state index in [9.17, 15) is 10.5 Å². The van der Waals surface area contributed by atoms with Crippen LogP contribution in [0, 0.1) is 40.0 Å². The molecule has 1 aliphatic rings. The SMILES string of the molecule is CC(C)[Si](C#C/C(=C1/CC(c2ccccc2)=C1[Si](C(C)C)(C(C)C)C(C)C)C(C#N)C#N)(C(C)C)C(C)C. The van der Waals surface area contributed by atoms with Crippen molar-refractivity contribution in [3.8, 4) is 23.6 Å². The number of allylic oxidation sites excluding steroid dienone is 4. The third kappa shape index (κ3) is 5.39. The molecular formula is C34H50N2Si2. The largest absolute Gasteiger partial charge is 0.196 e. The Morgan fingerprint density at radius 1 is 0.684 bits per heavy atom. The van der Waals surface area contributed by atoms with Crippen LogP contribution in [0.5, 0.6) is 0 Å². The van der Waals surface area contributed by atoms with Crippen LogP contribution in [0.2, 0.25) is 33.2 Å². The lowest BCUT2D eigenvalue weighted by molar-refractivity contribution is 0.815. The summed E-state index contributed by atoms with van der Waals surface area (Å²) in [5.41, 5.74) is 11.6. The zero-order valence-corrected chi connectivity index (χ0v) is 28.0. The third-order valence-electron chi connectivity index (χ3n) is 9.53. The summed E-state index contributed by atoms with van der Waals surface area (Å²) in [6, 6.07) is 15.4. The van der Waals surface area contributed by atoms with Gasteiger partial charge in [-0.05, 0) is 61.6 Å². The normalized spacial score (nSPS) is 15.8. The van der Waals surface area contributed by atoms with E-state index in [1.165, 1.54) is 21.9 Å². The molecule has 0 aromatic heterocycles. The summed E-state index contributed by atoms with van der Waals surface area (Å²) in [5, 5.41) is 21.8. The van der Waals surface area contributed by atoms with Gasteiger partial charge in [-0.15, -0.1) is 5.54 Å². The molecule has 0 heterocycles. The minimum Gasteiger partial charge on any atom is -0.196 e. The van der Waals surface area contributed by atoms with Crippen molar-refractivity contribution in [1.29, 1.82) is 10.5 Å². The highest BCUT2D eigenvalue weighted by atomic mass is 28.3. The predicted molar refractivity (Wildman–Crippen MR) is 170 cm³/mol. The van der Waals surface area contributed by atoms with Gasteiger partial charge in [-0.25, -0.2) is 0 Å². The van der Waals surface area contributed by atoms with Crippen LogP contribution in [0.1, 0.15) is 95.1 Å². The quantitative estimate of drug-likeness (QED) is 0.230. The van der Waals surface area contributed by atoms with Crippen molar-refractivity contribution in [1.82, 2.24) is 0 Å². The summed E-state index contributed by atoms with van der Waals surface area (Å²) in [6.07, 6.45) is 0.795. The molecule has 0 saturated heterocycles. The second kappa shape index (κ2) is 12.7. The summed E-state index contributed by atoms with van der Waals surface area (Å²) in [5.74, 6) is 2.80. The molecule has 4 heteroatoms. The van der Waals surface area contributed by atoms with Crippen molar-refractivity contribution in [3.05, 3.63) is 52.2 Å². The highest BCUT2D eigenvalue weighted by Gasteiger charge is 2.52. The van der Waals surface area contributed by atoms with Crippen LogP contribution >= 0.6 is 0 Å². The summed E-state index contributed by atoms with van der Waals surface area (Å²) in [6.45, 7) is 28.2. The van der Waals surface area contributed by atoms with E-state index in [1.807, 2.05) is 0 Å². The van der Waals surface area contributed by atoms with Crippen molar-refractivity contribution in [3.63, 3.8) is 0 Å². The number of nitriles is 2. The number of hydrogen-bond acceptors (Lipinski definition) is 2. The lowest BCUT2D eigenvalue weighted by Crippen LogP contribution is -2.50. The molecule has 0 fully saturated rings. The van der Waals surface area contributed by atoms with Crippen LogP contribution in [0.4, 0.5) is 0 Å². The highest BCUT2D eigenvalue weighted by molar-refractivity contribution is 6.92. The molecule has 0 bridgehead atoms. The first kappa shape index (κ1) is 31.9. The standard InChI is InChI=1S/C34H50N2Si2/c1-23(2)37(24(3)4,25(5)6)19-18-31(30(21-35)22-36)33-20-32(29-16-14-13-15-17-29)34(33)38(26(7)8,27(9)10)28(11)12/h13-17,23-28,30H,20H2,1-12H3/b33-31+. The Morgan fingerprint density at radius 3 is 1.50 bits per heavy atom. The van der Waals surface area contributed by atoms with E-state index in [2.05, 4.69) is 137 Å².